The lowest BCUT2D eigenvalue weighted by atomic mass is 9.94. The van der Waals surface area contributed by atoms with Crippen LogP contribution in [0.2, 0.25) is 0 Å². The number of amides is 1. The zero-order valence-corrected chi connectivity index (χ0v) is 19.4. The Morgan fingerprint density at radius 2 is 2.06 bits per heavy atom. The first-order valence-corrected chi connectivity index (χ1v) is 11.7. The summed E-state index contributed by atoms with van der Waals surface area (Å²) in [4.78, 5) is 56.5. The summed E-state index contributed by atoms with van der Waals surface area (Å²) in [7, 11) is 0. The lowest BCUT2D eigenvalue weighted by molar-refractivity contribution is -0.143. The molecule has 0 unspecified atom stereocenters. The van der Waals surface area contributed by atoms with Crippen molar-refractivity contribution in [3.8, 4) is 0 Å². The number of carbonyl (C=O) groups excluding carboxylic acids is 2. The maximum absolute atomic E-state index is 13.3. The van der Waals surface area contributed by atoms with Crippen LogP contribution >= 0.6 is 22.7 Å². The van der Waals surface area contributed by atoms with E-state index in [0.29, 0.717) is 28.4 Å². The van der Waals surface area contributed by atoms with Gasteiger partial charge in [-0.1, -0.05) is 0 Å². The molecule has 1 amide bonds. The molecule has 10 nitrogen and oxygen atoms in total. The van der Waals surface area contributed by atoms with Gasteiger partial charge < -0.3 is 14.8 Å². The third-order valence-electron chi connectivity index (χ3n) is 5.01. The van der Waals surface area contributed by atoms with Gasteiger partial charge in [0.1, 0.15) is 17.9 Å². The molecule has 0 aliphatic carbocycles. The minimum absolute atomic E-state index is 0.125. The van der Waals surface area contributed by atoms with E-state index in [1.54, 1.807) is 18.5 Å². The number of thiazole rings is 1. The van der Waals surface area contributed by atoms with Crippen molar-refractivity contribution in [2.75, 3.05) is 11.9 Å². The minimum atomic E-state index is -0.747. The van der Waals surface area contributed by atoms with E-state index in [4.69, 9.17) is 9.47 Å². The average Bonchev–Trinajstić information content (AvgIpc) is 3.35. The molecule has 32 heavy (non-hydrogen) atoms. The number of anilines is 1. The van der Waals surface area contributed by atoms with Gasteiger partial charge in [-0.25, -0.2) is 14.3 Å². The fraction of sp³-hybridized carbons (Fsp3) is 0.450. The first kappa shape index (κ1) is 22.4. The van der Waals surface area contributed by atoms with E-state index in [9.17, 15) is 19.2 Å². The van der Waals surface area contributed by atoms with Gasteiger partial charge in [0, 0.05) is 22.9 Å². The molecule has 0 spiro atoms. The summed E-state index contributed by atoms with van der Waals surface area (Å²) in [6.07, 6.45) is 2.03. The smallest absolute Gasteiger partial charge is 0.333 e. The second kappa shape index (κ2) is 8.60. The number of hydrogen-bond acceptors (Lipinski definition) is 9. The predicted molar refractivity (Wildman–Crippen MR) is 120 cm³/mol. The highest BCUT2D eigenvalue weighted by Crippen LogP contribution is 2.37. The Morgan fingerprint density at radius 3 is 2.75 bits per heavy atom. The molecule has 1 aliphatic rings. The summed E-state index contributed by atoms with van der Waals surface area (Å²) in [5.74, 6) is -1.16. The van der Waals surface area contributed by atoms with Crippen molar-refractivity contribution in [1.29, 1.82) is 0 Å². The Balaban J connectivity index is 1.86. The van der Waals surface area contributed by atoms with Crippen molar-refractivity contribution in [2.45, 2.75) is 52.5 Å². The Kier molecular flexibility index (Phi) is 6.01. The lowest BCUT2D eigenvalue weighted by Crippen LogP contribution is -2.43. The van der Waals surface area contributed by atoms with Crippen LogP contribution in [0, 0.1) is 0 Å². The van der Waals surface area contributed by atoms with E-state index in [1.807, 2.05) is 13.8 Å². The van der Waals surface area contributed by atoms with Crippen molar-refractivity contribution in [1.82, 2.24) is 14.1 Å². The van der Waals surface area contributed by atoms with Crippen LogP contribution in [0.4, 0.5) is 5.13 Å². The highest BCUT2D eigenvalue weighted by atomic mass is 32.1. The maximum atomic E-state index is 13.3. The number of nitrogens with zero attached hydrogens (tertiary/aromatic N) is 3. The minimum Gasteiger partial charge on any atom is -0.465 e. The molecule has 0 fully saturated rings. The number of esters is 1. The standard InChI is InChI=1S/C20H22N4O6S2/c1-4-29-14(26)9-23-16(27)15-11-7-20(2,3)30-10-12(11)32-17(15)24(19(23)28)8-13(25)22-18-21-5-6-31-18/h5-6H,4,7-10H2,1-3H3,(H,21,22,25). The van der Waals surface area contributed by atoms with E-state index in [0.717, 1.165) is 15.0 Å². The molecular formula is C20H22N4O6S2. The average molecular weight is 479 g/mol. The largest absolute Gasteiger partial charge is 0.465 e. The van der Waals surface area contributed by atoms with Gasteiger partial charge >= 0.3 is 11.7 Å². The Hall–Kier alpha value is -2.83. The fourth-order valence-electron chi connectivity index (χ4n) is 3.61. The number of fused-ring (bicyclic) bond motifs is 3. The fourth-order valence-corrected chi connectivity index (χ4v) is 5.37. The normalized spacial score (nSPS) is 14.8. The van der Waals surface area contributed by atoms with Crippen LogP contribution in [0.25, 0.3) is 10.2 Å². The van der Waals surface area contributed by atoms with Crippen molar-refractivity contribution >= 4 is 49.9 Å². The summed E-state index contributed by atoms with van der Waals surface area (Å²) in [5, 5.41) is 5.10. The van der Waals surface area contributed by atoms with Crippen LogP contribution in [0.1, 0.15) is 31.2 Å². The lowest BCUT2D eigenvalue weighted by Gasteiger charge is -2.29. The maximum Gasteiger partial charge on any atom is 0.333 e. The zero-order chi connectivity index (χ0) is 23.0. The highest BCUT2D eigenvalue weighted by Gasteiger charge is 2.32. The van der Waals surface area contributed by atoms with E-state index in [1.165, 1.54) is 27.2 Å². The second-order valence-corrected chi connectivity index (χ2v) is 9.84. The van der Waals surface area contributed by atoms with Crippen molar-refractivity contribution in [2.24, 2.45) is 0 Å². The molecule has 0 bridgehead atoms. The number of ether oxygens (including phenoxy) is 2. The molecule has 1 aliphatic heterocycles. The molecule has 12 heteroatoms. The summed E-state index contributed by atoms with van der Waals surface area (Å²) in [5.41, 5.74) is -1.01. The third-order valence-corrected chi connectivity index (χ3v) is 6.92. The monoisotopic (exact) mass is 478 g/mol. The van der Waals surface area contributed by atoms with Crippen LogP contribution in [0.3, 0.4) is 0 Å². The Bertz CT molecular complexity index is 1300. The molecule has 4 rings (SSSR count). The highest BCUT2D eigenvalue weighted by molar-refractivity contribution is 7.18. The second-order valence-electron chi connectivity index (χ2n) is 7.86. The van der Waals surface area contributed by atoms with Crippen LogP contribution in [-0.4, -0.2) is 38.2 Å². The van der Waals surface area contributed by atoms with E-state index in [2.05, 4.69) is 10.3 Å². The molecule has 1 N–H and O–H groups in total. The van der Waals surface area contributed by atoms with Gasteiger partial charge in [0.25, 0.3) is 5.56 Å². The van der Waals surface area contributed by atoms with Crippen LogP contribution in [0.5, 0.6) is 0 Å². The molecule has 0 saturated carbocycles. The zero-order valence-electron chi connectivity index (χ0n) is 17.8. The van der Waals surface area contributed by atoms with Crippen LogP contribution in [-0.2, 0) is 45.2 Å². The van der Waals surface area contributed by atoms with E-state index >= 15 is 0 Å². The summed E-state index contributed by atoms with van der Waals surface area (Å²) in [6, 6.07) is 0. The van der Waals surface area contributed by atoms with E-state index in [-0.39, 0.29) is 13.2 Å². The number of nitrogens with one attached hydrogen (secondary N) is 1. The molecule has 0 atom stereocenters. The number of aromatic nitrogens is 3. The molecule has 0 radical (unpaired) electrons. The number of thiophene rings is 1. The Morgan fingerprint density at radius 1 is 1.28 bits per heavy atom. The third kappa shape index (κ3) is 4.25. The van der Waals surface area contributed by atoms with Gasteiger partial charge in [0.05, 0.1) is 24.2 Å². The van der Waals surface area contributed by atoms with Crippen molar-refractivity contribution in [3.05, 3.63) is 42.9 Å². The SMILES string of the molecule is CCOC(=O)Cn1c(=O)c2c3c(sc2n(CC(=O)Nc2nccs2)c1=O)COC(C)(C)C3. The Labute approximate surface area is 190 Å². The van der Waals surface area contributed by atoms with Gasteiger partial charge in [0.2, 0.25) is 5.91 Å². The van der Waals surface area contributed by atoms with Gasteiger partial charge in [-0.3, -0.25) is 19.0 Å². The molecule has 3 aromatic heterocycles. The summed E-state index contributed by atoms with van der Waals surface area (Å²) >= 11 is 2.51. The number of rotatable bonds is 6. The van der Waals surface area contributed by atoms with Gasteiger partial charge in [-0.2, -0.15) is 0 Å². The van der Waals surface area contributed by atoms with Gasteiger partial charge in [-0.05, 0) is 26.3 Å². The molecular weight excluding hydrogens is 456 g/mol. The number of hydrogen-bond donors (Lipinski definition) is 1. The molecule has 0 aromatic carbocycles. The van der Waals surface area contributed by atoms with Crippen LogP contribution in [0.15, 0.2) is 21.2 Å². The van der Waals surface area contributed by atoms with Crippen LogP contribution < -0.4 is 16.6 Å². The molecule has 0 saturated heterocycles. The first-order valence-electron chi connectivity index (χ1n) is 9.97. The molecule has 4 heterocycles. The topological polar surface area (TPSA) is 122 Å². The van der Waals surface area contributed by atoms with Gasteiger partial charge in [0.15, 0.2) is 5.13 Å². The first-order chi connectivity index (χ1) is 15.2. The molecule has 170 valence electrons. The quantitative estimate of drug-likeness (QED) is 0.536. The molecule has 3 aromatic rings. The van der Waals surface area contributed by atoms with Gasteiger partial charge in [-0.15, -0.1) is 22.7 Å². The van der Waals surface area contributed by atoms with E-state index < -0.39 is 35.3 Å². The predicted octanol–water partition coefficient (Wildman–Crippen LogP) is 1.73. The van der Waals surface area contributed by atoms with Crippen molar-refractivity contribution in [3.63, 3.8) is 0 Å². The van der Waals surface area contributed by atoms with Crippen molar-refractivity contribution < 1.29 is 19.1 Å². The summed E-state index contributed by atoms with van der Waals surface area (Å²) in [6.45, 7) is 5.06. The summed E-state index contributed by atoms with van der Waals surface area (Å²) < 4.78 is 12.9. The number of carbonyl (C=O) groups is 2.